The van der Waals surface area contributed by atoms with Crippen molar-refractivity contribution in [1.29, 1.82) is 0 Å². The number of fused-ring (bicyclic) bond motifs is 8. The van der Waals surface area contributed by atoms with E-state index in [1.165, 1.54) is 38.5 Å². The average molecular weight is 464 g/mol. The second-order valence-electron chi connectivity index (χ2n) is 12.5. The minimum absolute atomic E-state index is 0.125. The van der Waals surface area contributed by atoms with E-state index in [2.05, 4.69) is 17.2 Å². The molecule has 1 aromatic heterocycles. The lowest BCUT2D eigenvalue weighted by Crippen LogP contribution is -2.50. The molecule has 0 radical (unpaired) electrons. The Kier molecular flexibility index (Phi) is 4.57. The summed E-state index contributed by atoms with van der Waals surface area (Å²) in [4.78, 5) is 13.7. The number of benzene rings is 1. The van der Waals surface area contributed by atoms with Crippen molar-refractivity contribution in [3.05, 3.63) is 18.2 Å². The van der Waals surface area contributed by atoms with Crippen LogP contribution in [0.2, 0.25) is 0 Å². The minimum atomic E-state index is -0.293. The Morgan fingerprint density at radius 2 is 1.82 bits per heavy atom. The molecule has 0 amide bonds. The Morgan fingerprint density at radius 1 is 1.06 bits per heavy atom. The number of hydrogen-bond donors (Lipinski definition) is 1. The SMILES string of the molecule is COc1ccc2c(c1)nnn2CC(=O)[C@H]1CC[C@H]2[C@@H]3CC[C@@H]4C5C[C@@]5(O)CC[C@@H]4[C@H]3CC[C@]12C. The zero-order valence-corrected chi connectivity index (χ0v) is 20.4. The van der Waals surface area contributed by atoms with Crippen LogP contribution in [0.15, 0.2) is 18.2 Å². The number of hydrogen-bond acceptors (Lipinski definition) is 5. The molecular formula is C28H37N3O3. The number of ketones is 1. The van der Waals surface area contributed by atoms with Crippen LogP contribution in [0.5, 0.6) is 5.75 Å². The van der Waals surface area contributed by atoms with E-state index >= 15 is 0 Å². The summed E-state index contributed by atoms with van der Waals surface area (Å²) in [5.74, 6) is 5.69. The lowest BCUT2D eigenvalue weighted by Gasteiger charge is -2.56. The predicted molar refractivity (Wildman–Crippen MR) is 128 cm³/mol. The molecule has 1 N–H and O–H groups in total. The molecule has 1 unspecified atom stereocenters. The Hall–Kier alpha value is -1.95. The fourth-order valence-electron chi connectivity index (χ4n) is 9.67. The van der Waals surface area contributed by atoms with Crippen LogP contribution < -0.4 is 4.74 Å². The Balaban J connectivity index is 1.09. The fraction of sp³-hybridized carbons (Fsp3) is 0.750. The number of aromatic nitrogens is 3. The molecule has 0 spiro atoms. The van der Waals surface area contributed by atoms with Crippen molar-refractivity contribution in [1.82, 2.24) is 15.0 Å². The number of carbonyl (C=O) groups excluding carboxylic acids is 1. The number of aliphatic hydroxyl groups is 1. The van der Waals surface area contributed by atoms with Gasteiger partial charge in [0.25, 0.3) is 0 Å². The van der Waals surface area contributed by atoms with Crippen molar-refractivity contribution < 1.29 is 14.6 Å². The van der Waals surface area contributed by atoms with Crippen molar-refractivity contribution in [3.8, 4) is 5.75 Å². The lowest BCUT2D eigenvalue weighted by atomic mass is 9.49. The number of ether oxygens (including phenoxy) is 1. The highest BCUT2D eigenvalue weighted by Gasteiger charge is 2.65. The molecule has 34 heavy (non-hydrogen) atoms. The number of nitrogens with zero attached hydrogens (tertiary/aromatic N) is 3. The van der Waals surface area contributed by atoms with Gasteiger partial charge in [0.1, 0.15) is 17.8 Å². The van der Waals surface area contributed by atoms with Gasteiger partial charge in [0.05, 0.1) is 18.2 Å². The van der Waals surface area contributed by atoms with E-state index in [4.69, 9.17) is 4.74 Å². The third-order valence-electron chi connectivity index (χ3n) is 11.4. The third kappa shape index (κ3) is 2.93. The van der Waals surface area contributed by atoms with Gasteiger partial charge in [0.2, 0.25) is 0 Å². The third-order valence-corrected chi connectivity index (χ3v) is 11.4. The van der Waals surface area contributed by atoms with Crippen LogP contribution in [0.4, 0.5) is 0 Å². The summed E-state index contributed by atoms with van der Waals surface area (Å²) in [5, 5.41) is 19.3. The van der Waals surface area contributed by atoms with E-state index in [-0.39, 0.29) is 16.9 Å². The smallest absolute Gasteiger partial charge is 0.157 e. The second kappa shape index (κ2) is 7.28. The van der Waals surface area contributed by atoms with Crippen molar-refractivity contribution >= 4 is 16.8 Å². The first kappa shape index (κ1) is 21.3. The first-order chi connectivity index (χ1) is 16.4. The Morgan fingerprint density at radius 3 is 2.62 bits per heavy atom. The number of methoxy groups -OCH3 is 1. The van der Waals surface area contributed by atoms with Crippen LogP contribution in [0.25, 0.3) is 11.0 Å². The molecule has 0 bridgehead atoms. The molecule has 9 atom stereocenters. The first-order valence-electron chi connectivity index (χ1n) is 13.5. The highest BCUT2D eigenvalue weighted by Crippen LogP contribution is 2.68. The summed E-state index contributed by atoms with van der Waals surface area (Å²) in [5.41, 5.74) is 1.50. The largest absolute Gasteiger partial charge is 0.497 e. The summed E-state index contributed by atoms with van der Waals surface area (Å²) >= 11 is 0. The first-order valence-corrected chi connectivity index (χ1v) is 13.5. The van der Waals surface area contributed by atoms with Gasteiger partial charge in [-0.15, -0.1) is 5.10 Å². The van der Waals surface area contributed by atoms with Crippen molar-refractivity contribution in [2.45, 2.75) is 76.9 Å². The van der Waals surface area contributed by atoms with E-state index in [9.17, 15) is 9.90 Å². The number of Topliss-reactive ketones (excluding diaryl/α,β-unsaturated/α-hetero) is 1. The molecule has 0 aliphatic heterocycles. The van der Waals surface area contributed by atoms with Gasteiger partial charge in [-0.3, -0.25) is 4.79 Å². The van der Waals surface area contributed by atoms with Crippen LogP contribution in [0, 0.1) is 46.8 Å². The van der Waals surface area contributed by atoms with E-state index in [0.717, 1.165) is 59.7 Å². The number of carbonyl (C=O) groups is 1. The highest BCUT2D eigenvalue weighted by molar-refractivity contribution is 5.84. The van der Waals surface area contributed by atoms with E-state index in [1.807, 2.05) is 18.2 Å². The van der Waals surface area contributed by atoms with Gasteiger partial charge in [-0.25, -0.2) is 4.68 Å². The molecular weight excluding hydrogens is 426 g/mol. The number of rotatable bonds is 4. The fourth-order valence-corrected chi connectivity index (χ4v) is 9.67. The zero-order chi connectivity index (χ0) is 23.2. The minimum Gasteiger partial charge on any atom is -0.497 e. The van der Waals surface area contributed by atoms with Crippen molar-refractivity contribution in [2.24, 2.45) is 46.8 Å². The topological polar surface area (TPSA) is 77.2 Å². The molecule has 0 saturated heterocycles. The highest BCUT2D eigenvalue weighted by atomic mass is 16.5. The van der Waals surface area contributed by atoms with Gasteiger partial charge < -0.3 is 9.84 Å². The van der Waals surface area contributed by atoms with E-state index < -0.39 is 0 Å². The van der Waals surface area contributed by atoms with Gasteiger partial charge in [0, 0.05) is 12.0 Å². The molecule has 182 valence electrons. The van der Waals surface area contributed by atoms with Crippen molar-refractivity contribution in [2.75, 3.05) is 7.11 Å². The predicted octanol–water partition coefficient (Wildman–Crippen LogP) is 4.64. The maximum atomic E-state index is 13.7. The van der Waals surface area contributed by atoms with Crippen LogP contribution in [0.3, 0.4) is 0 Å². The molecule has 7 rings (SSSR count). The molecule has 5 aliphatic carbocycles. The van der Waals surface area contributed by atoms with Gasteiger partial charge in [-0.1, -0.05) is 12.1 Å². The van der Waals surface area contributed by atoms with Gasteiger partial charge in [0.15, 0.2) is 5.78 Å². The quantitative estimate of drug-likeness (QED) is 0.715. The Labute approximate surface area is 201 Å². The summed E-state index contributed by atoms with van der Waals surface area (Å²) in [6.07, 6.45) is 10.6. The molecule has 6 nitrogen and oxygen atoms in total. The molecule has 2 aromatic rings. The zero-order valence-electron chi connectivity index (χ0n) is 20.4. The van der Waals surface area contributed by atoms with Crippen LogP contribution >= 0.6 is 0 Å². The maximum Gasteiger partial charge on any atom is 0.157 e. The summed E-state index contributed by atoms with van der Waals surface area (Å²) in [7, 11) is 1.65. The van der Waals surface area contributed by atoms with Crippen LogP contribution in [-0.4, -0.2) is 38.6 Å². The average Bonchev–Trinajstić information content (AvgIpc) is 3.20. The summed E-state index contributed by atoms with van der Waals surface area (Å²) in [6, 6.07) is 5.74. The van der Waals surface area contributed by atoms with Gasteiger partial charge >= 0.3 is 0 Å². The molecule has 5 fully saturated rings. The van der Waals surface area contributed by atoms with Crippen LogP contribution in [0.1, 0.15) is 64.7 Å². The summed E-state index contributed by atoms with van der Waals surface area (Å²) < 4.78 is 7.08. The molecule has 6 heteroatoms. The lowest BCUT2D eigenvalue weighted by molar-refractivity contribution is -0.131. The normalized spacial score (nSPS) is 44.6. The van der Waals surface area contributed by atoms with Gasteiger partial charge in [-0.05, 0) is 111 Å². The Bertz CT molecular complexity index is 1150. The molecule has 5 saturated carbocycles. The van der Waals surface area contributed by atoms with Gasteiger partial charge in [-0.2, -0.15) is 0 Å². The molecule has 1 heterocycles. The van der Waals surface area contributed by atoms with Crippen LogP contribution in [-0.2, 0) is 11.3 Å². The molecule has 1 aromatic carbocycles. The van der Waals surface area contributed by atoms with E-state index in [0.29, 0.717) is 24.2 Å². The van der Waals surface area contributed by atoms with Crippen molar-refractivity contribution in [3.63, 3.8) is 0 Å². The van der Waals surface area contributed by atoms with E-state index in [1.54, 1.807) is 11.8 Å². The monoisotopic (exact) mass is 463 g/mol. The second-order valence-corrected chi connectivity index (χ2v) is 12.5. The summed E-state index contributed by atoms with van der Waals surface area (Å²) in [6.45, 7) is 2.75. The standard InChI is InChI=1S/C28H37N3O3/c1-27-11-9-17-18-10-12-28(33)14-23(28)20(18)5-4-19(17)21(27)6-7-22(27)26(32)15-31-25-8-3-16(34-2)13-24(25)29-30-31/h3,8,13,17-23,33H,4-7,9-12,14-15H2,1-2H3/t17-,18-,19-,20+,21+,22-,23?,27+,28+/m1/s1. The maximum absolute atomic E-state index is 13.7. The molecule has 5 aliphatic rings.